The molecule has 1 amide bonds. The van der Waals surface area contributed by atoms with Gasteiger partial charge in [0.2, 0.25) is 5.91 Å². The van der Waals surface area contributed by atoms with E-state index in [0.717, 1.165) is 12.0 Å². The Morgan fingerprint density at radius 1 is 1.24 bits per heavy atom. The number of hydrogen-bond acceptors (Lipinski definition) is 3. The van der Waals surface area contributed by atoms with Gasteiger partial charge in [-0.3, -0.25) is 10.1 Å². The van der Waals surface area contributed by atoms with Gasteiger partial charge in [-0.1, -0.05) is 37.3 Å². The van der Waals surface area contributed by atoms with Crippen molar-refractivity contribution < 1.29 is 9.53 Å². The number of ether oxygens (including phenoxy) is 1. The zero-order valence-corrected chi connectivity index (χ0v) is 13.4. The molecule has 0 bridgehead atoms. The van der Waals surface area contributed by atoms with Crippen LogP contribution in [0.5, 0.6) is 0 Å². The Kier molecular flexibility index (Phi) is 5.01. The van der Waals surface area contributed by atoms with E-state index in [-0.39, 0.29) is 23.7 Å². The summed E-state index contributed by atoms with van der Waals surface area (Å²) in [5, 5.41) is 3.44. The van der Waals surface area contributed by atoms with Crippen LogP contribution in [0.2, 0.25) is 0 Å². The Morgan fingerprint density at radius 3 is 2.48 bits per heavy atom. The molecule has 1 heterocycles. The second-order valence-electron chi connectivity index (χ2n) is 6.09. The molecule has 2 atom stereocenters. The summed E-state index contributed by atoms with van der Waals surface area (Å²) >= 11 is 0. The average molecular weight is 290 g/mol. The standard InChI is InChI=1S/C17H26N2O2/c1-5-14-18-15(13-10-8-7-9-11-13)16(20)19(14)12-17(3,4)21-6-2/h7-11,14-15,18H,5-6,12H2,1-4H3. The number of nitrogens with one attached hydrogen (secondary N) is 1. The van der Waals surface area contributed by atoms with Crippen LogP contribution in [0.15, 0.2) is 30.3 Å². The quantitative estimate of drug-likeness (QED) is 0.876. The van der Waals surface area contributed by atoms with Crippen LogP contribution in [-0.2, 0) is 9.53 Å². The monoisotopic (exact) mass is 290 g/mol. The molecular formula is C17H26N2O2. The van der Waals surface area contributed by atoms with Gasteiger partial charge in [0, 0.05) is 6.61 Å². The summed E-state index contributed by atoms with van der Waals surface area (Å²) in [4.78, 5) is 14.7. The van der Waals surface area contributed by atoms with Gasteiger partial charge in [-0.05, 0) is 32.8 Å². The lowest BCUT2D eigenvalue weighted by atomic mass is 10.1. The van der Waals surface area contributed by atoms with Crippen molar-refractivity contribution in [2.75, 3.05) is 13.2 Å². The number of rotatable bonds is 6. The molecule has 4 nitrogen and oxygen atoms in total. The van der Waals surface area contributed by atoms with Gasteiger partial charge in [-0.15, -0.1) is 0 Å². The SMILES string of the molecule is CCOC(C)(C)CN1C(=O)C(c2ccccc2)NC1CC. The Morgan fingerprint density at radius 2 is 1.90 bits per heavy atom. The van der Waals surface area contributed by atoms with Crippen molar-refractivity contribution in [2.45, 2.75) is 51.9 Å². The van der Waals surface area contributed by atoms with Gasteiger partial charge in [0.25, 0.3) is 0 Å². The fraction of sp³-hybridized carbons (Fsp3) is 0.588. The van der Waals surface area contributed by atoms with Crippen molar-refractivity contribution in [1.82, 2.24) is 10.2 Å². The maximum absolute atomic E-state index is 12.8. The predicted molar refractivity (Wildman–Crippen MR) is 83.8 cm³/mol. The topological polar surface area (TPSA) is 41.6 Å². The highest BCUT2D eigenvalue weighted by Gasteiger charge is 2.41. The third-order valence-corrected chi connectivity index (χ3v) is 3.87. The van der Waals surface area contributed by atoms with Gasteiger partial charge < -0.3 is 9.64 Å². The number of carbonyl (C=O) groups is 1. The molecule has 116 valence electrons. The molecule has 1 N–H and O–H groups in total. The number of benzene rings is 1. The van der Waals surface area contributed by atoms with E-state index in [1.54, 1.807) is 0 Å². The van der Waals surface area contributed by atoms with Gasteiger partial charge in [-0.25, -0.2) is 0 Å². The van der Waals surface area contributed by atoms with Gasteiger partial charge in [0.1, 0.15) is 6.04 Å². The summed E-state index contributed by atoms with van der Waals surface area (Å²) in [6.45, 7) is 9.41. The first-order valence-electron chi connectivity index (χ1n) is 7.74. The molecule has 0 aromatic heterocycles. The van der Waals surface area contributed by atoms with E-state index in [0.29, 0.717) is 13.2 Å². The summed E-state index contributed by atoms with van der Waals surface area (Å²) in [5.41, 5.74) is 0.697. The van der Waals surface area contributed by atoms with Gasteiger partial charge in [-0.2, -0.15) is 0 Å². The lowest BCUT2D eigenvalue weighted by Gasteiger charge is -2.33. The number of hydrogen-bond donors (Lipinski definition) is 1. The first-order valence-corrected chi connectivity index (χ1v) is 7.74. The van der Waals surface area contributed by atoms with Crippen LogP contribution in [0.3, 0.4) is 0 Å². The maximum atomic E-state index is 12.8. The van der Waals surface area contributed by atoms with Crippen molar-refractivity contribution in [3.05, 3.63) is 35.9 Å². The molecule has 2 rings (SSSR count). The smallest absolute Gasteiger partial charge is 0.245 e. The molecule has 1 saturated heterocycles. The highest BCUT2D eigenvalue weighted by atomic mass is 16.5. The summed E-state index contributed by atoms with van der Waals surface area (Å²) in [6, 6.07) is 9.67. The first kappa shape index (κ1) is 16.0. The zero-order valence-electron chi connectivity index (χ0n) is 13.4. The molecule has 0 radical (unpaired) electrons. The van der Waals surface area contributed by atoms with Crippen molar-refractivity contribution in [1.29, 1.82) is 0 Å². The molecule has 1 fully saturated rings. The Bertz CT molecular complexity index is 473. The highest BCUT2D eigenvalue weighted by molar-refractivity contribution is 5.85. The van der Waals surface area contributed by atoms with Crippen molar-refractivity contribution in [2.24, 2.45) is 0 Å². The average Bonchev–Trinajstić information content (AvgIpc) is 2.76. The highest BCUT2D eigenvalue weighted by Crippen LogP contribution is 2.27. The van der Waals surface area contributed by atoms with Gasteiger partial charge in [0.15, 0.2) is 0 Å². The minimum atomic E-state index is -0.328. The van der Waals surface area contributed by atoms with Crippen LogP contribution in [0, 0.1) is 0 Å². The molecule has 2 unspecified atom stereocenters. The largest absolute Gasteiger partial charge is 0.374 e. The normalized spacial score (nSPS) is 22.9. The van der Waals surface area contributed by atoms with Crippen LogP contribution in [0.4, 0.5) is 0 Å². The number of carbonyl (C=O) groups excluding carboxylic acids is 1. The van der Waals surface area contributed by atoms with E-state index in [9.17, 15) is 4.79 Å². The number of nitrogens with zero attached hydrogens (tertiary/aromatic N) is 1. The summed E-state index contributed by atoms with van der Waals surface area (Å²) in [5.74, 6) is 0.140. The second kappa shape index (κ2) is 6.58. The molecule has 21 heavy (non-hydrogen) atoms. The molecule has 1 aromatic rings. The third-order valence-electron chi connectivity index (χ3n) is 3.87. The fourth-order valence-electron chi connectivity index (χ4n) is 2.93. The Labute approximate surface area is 127 Å². The van der Waals surface area contributed by atoms with Crippen LogP contribution in [0.25, 0.3) is 0 Å². The van der Waals surface area contributed by atoms with E-state index >= 15 is 0 Å². The maximum Gasteiger partial charge on any atom is 0.245 e. The lowest BCUT2D eigenvalue weighted by molar-refractivity contribution is -0.134. The Hall–Kier alpha value is -1.39. The van der Waals surface area contributed by atoms with Crippen LogP contribution in [-0.4, -0.2) is 35.7 Å². The van der Waals surface area contributed by atoms with Gasteiger partial charge >= 0.3 is 0 Å². The predicted octanol–water partition coefficient (Wildman–Crippen LogP) is 2.71. The first-order chi connectivity index (χ1) is 9.98. The van der Waals surface area contributed by atoms with E-state index in [4.69, 9.17) is 4.74 Å². The van der Waals surface area contributed by atoms with Crippen molar-refractivity contribution in [3.8, 4) is 0 Å². The van der Waals surface area contributed by atoms with Crippen LogP contribution < -0.4 is 5.32 Å². The number of amides is 1. The van der Waals surface area contributed by atoms with Crippen molar-refractivity contribution in [3.63, 3.8) is 0 Å². The molecule has 1 aliphatic heterocycles. The van der Waals surface area contributed by atoms with Crippen LogP contribution in [0.1, 0.15) is 45.7 Å². The minimum absolute atomic E-state index is 0.0717. The fourth-order valence-corrected chi connectivity index (χ4v) is 2.93. The molecule has 4 heteroatoms. The summed E-state index contributed by atoms with van der Waals surface area (Å²) in [7, 11) is 0. The van der Waals surface area contributed by atoms with Gasteiger partial charge in [0.05, 0.1) is 18.3 Å². The zero-order chi connectivity index (χ0) is 15.5. The third kappa shape index (κ3) is 3.63. The van der Waals surface area contributed by atoms with E-state index in [2.05, 4.69) is 12.2 Å². The molecule has 1 aromatic carbocycles. The minimum Gasteiger partial charge on any atom is -0.374 e. The van der Waals surface area contributed by atoms with Crippen LogP contribution >= 0.6 is 0 Å². The van der Waals surface area contributed by atoms with E-state index in [1.165, 1.54) is 0 Å². The molecule has 0 aliphatic carbocycles. The summed E-state index contributed by atoms with van der Waals surface area (Å²) < 4.78 is 5.75. The van der Waals surface area contributed by atoms with E-state index < -0.39 is 0 Å². The molecule has 1 aliphatic rings. The van der Waals surface area contributed by atoms with E-state index in [1.807, 2.05) is 56.0 Å². The molecule has 0 spiro atoms. The summed E-state index contributed by atoms with van der Waals surface area (Å²) in [6.07, 6.45) is 0.958. The van der Waals surface area contributed by atoms with Crippen molar-refractivity contribution >= 4 is 5.91 Å². The lowest BCUT2D eigenvalue weighted by Crippen LogP contribution is -2.46. The second-order valence-corrected chi connectivity index (χ2v) is 6.09. The molecule has 0 saturated carbocycles. The Balaban J connectivity index is 2.16. The molecular weight excluding hydrogens is 264 g/mol.